The molecule has 8 nitrogen and oxygen atoms in total. The summed E-state index contributed by atoms with van der Waals surface area (Å²) in [5.74, 6) is -0.0607. The summed E-state index contributed by atoms with van der Waals surface area (Å²) in [6, 6.07) is 0. The Kier molecular flexibility index (Phi) is 24.7. The van der Waals surface area contributed by atoms with Crippen LogP contribution in [0.4, 0.5) is 0 Å². The van der Waals surface area contributed by atoms with E-state index in [1.165, 1.54) is 83.5 Å². The molecule has 0 aromatic heterocycles. The van der Waals surface area contributed by atoms with E-state index in [0.717, 1.165) is 12.8 Å². The van der Waals surface area contributed by atoms with Gasteiger partial charge >= 0.3 is 10.4 Å². The lowest BCUT2D eigenvalue weighted by atomic mass is 10.0. The Morgan fingerprint density at radius 1 is 0.781 bits per heavy atom. The van der Waals surface area contributed by atoms with E-state index in [9.17, 15) is 9.90 Å². The van der Waals surface area contributed by atoms with Crippen LogP contribution in [0.25, 0.3) is 0 Å². The van der Waals surface area contributed by atoms with Crippen LogP contribution in [0, 0.1) is 0 Å². The van der Waals surface area contributed by atoms with Crippen LogP contribution in [-0.4, -0.2) is 71.3 Å². The molecule has 0 aromatic carbocycles. The Hall–Kier alpha value is -0.580. The molecule has 0 fully saturated rings. The Morgan fingerprint density at radius 2 is 1.12 bits per heavy atom. The Labute approximate surface area is 196 Å². The minimum absolute atomic E-state index is 0.0520. The van der Waals surface area contributed by atoms with Gasteiger partial charge in [-0.15, -0.1) is 0 Å². The third-order valence-electron chi connectivity index (χ3n) is 5.36. The first kappa shape index (κ1) is 33.6. The van der Waals surface area contributed by atoms with Gasteiger partial charge in [0, 0.05) is 19.5 Å². The highest BCUT2D eigenvalue weighted by Crippen LogP contribution is 2.14. The Balaban J connectivity index is 0. The van der Waals surface area contributed by atoms with E-state index in [2.05, 4.69) is 6.92 Å². The fourth-order valence-corrected chi connectivity index (χ4v) is 3.50. The first-order valence-corrected chi connectivity index (χ1v) is 13.7. The normalized spacial score (nSPS) is 12.5. The number of ketones is 1. The van der Waals surface area contributed by atoms with Crippen molar-refractivity contribution in [2.45, 2.75) is 116 Å². The van der Waals surface area contributed by atoms with Gasteiger partial charge in [-0.1, -0.05) is 96.8 Å². The molecule has 0 aliphatic rings. The molecule has 194 valence electrons. The molecule has 0 aromatic rings. The van der Waals surface area contributed by atoms with Gasteiger partial charge in [-0.2, -0.15) is 8.42 Å². The minimum Gasteiger partial charge on any atom is -0.395 e. The molecule has 0 spiro atoms. The third kappa shape index (κ3) is 31.6. The maximum atomic E-state index is 11.9. The molecular formula is C23H49NO7S. The lowest BCUT2D eigenvalue weighted by Crippen LogP contribution is -2.36. The van der Waals surface area contributed by atoms with Crippen molar-refractivity contribution in [1.29, 1.82) is 0 Å². The standard InChI is InChI=1S/C23H47NO3.H2O4S/c1-3-4-5-6-7-8-9-10-11-12-13-14-15-16-17-18-22(26)23(27)21-24(2)19-20-25;1-5(2,3)4/h23,25,27H,3-21H2,1-2H3;(H2,1,2,3,4). The summed E-state index contributed by atoms with van der Waals surface area (Å²) < 4.78 is 31.6. The van der Waals surface area contributed by atoms with Gasteiger partial charge in [-0.25, -0.2) is 0 Å². The van der Waals surface area contributed by atoms with E-state index in [-0.39, 0.29) is 12.4 Å². The van der Waals surface area contributed by atoms with Gasteiger partial charge in [0.25, 0.3) is 0 Å². The van der Waals surface area contributed by atoms with Crippen LogP contribution in [0.2, 0.25) is 0 Å². The highest BCUT2D eigenvalue weighted by molar-refractivity contribution is 7.79. The predicted molar refractivity (Wildman–Crippen MR) is 129 cm³/mol. The summed E-state index contributed by atoms with van der Waals surface area (Å²) in [7, 11) is -2.86. The van der Waals surface area contributed by atoms with Gasteiger partial charge in [0.2, 0.25) is 0 Å². The second-order valence-corrected chi connectivity index (χ2v) is 9.51. The number of unbranched alkanes of at least 4 members (excludes halogenated alkanes) is 14. The molecule has 0 aliphatic carbocycles. The molecule has 0 aliphatic heterocycles. The highest BCUT2D eigenvalue weighted by Gasteiger charge is 2.16. The molecule has 0 heterocycles. The number of aliphatic hydroxyl groups is 2. The minimum atomic E-state index is -4.67. The van der Waals surface area contributed by atoms with Crippen LogP contribution in [0.5, 0.6) is 0 Å². The molecule has 0 saturated carbocycles. The number of carbonyl (C=O) groups excluding carboxylic acids is 1. The van der Waals surface area contributed by atoms with Crippen molar-refractivity contribution in [2.75, 3.05) is 26.7 Å². The molecule has 9 heteroatoms. The van der Waals surface area contributed by atoms with Gasteiger partial charge in [-0.05, 0) is 13.5 Å². The van der Waals surface area contributed by atoms with Gasteiger partial charge in [0.15, 0.2) is 5.78 Å². The SMILES string of the molecule is CCCCCCCCCCCCCCCCCC(=O)C(O)CN(C)CCO.O=S(=O)(O)O. The molecule has 0 amide bonds. The van der Waals surface area contributed by atoms with Crippen molar-refractivity contribution in [1.82, 2.24) is 4.90 Å². The van der Waals surface area contributed by atoms with E-state index in [4.69, 9.17) is 22.6 Å². The number of Topliss-reactive ketones (excluding diaryl/α,β-unsaturated/α-hetero) is 1. The van der Waals surface area contributed by atoms with Crippen molar-refractivity contribution < 1.29 is 32.5 Å². The molecular weight excluding hydrogens is 434 g/mol. The van der Waals surface area contributed by atoms with Crippen molar-refractivity contribution in [2.24, 2.45) is 0 Å². The molecule has 0 radical (unpaired) electrons. The third-order valence-corrected chi connectivity index (χ3v) is 5.36. The molecule has 4 N–H and O–H groups in total. The van der Waals surface area contributed by atoms with Crippen LogP contribution in [0.1, 0.15) is 110 Å². The average molecular weight is 484 g/mol. The van der Waals surface area contributed by atoms with E-state index in [0.29, 0.717) is 19.5 Å². The topological polar surface area (TPSA) is 135 Å². The van der Waals surface area contributed by atoms with Crippen LogP contribution in [0.3, 0.4) is 0 Å². The number of nitrogens with zero attached hydrogens (tertiary/aromatic N) is 1. The number of rotatable bonds is 21. The lowest BCUT2D eigenvalue weighted by molar-refractivity contribution is -0.128. The van der Waals surface area contributed by atoms with Crippen LogP contribution in [-0.2, 0) is 15.2 Å². The fourth-order valence-electron chi connectivity index (χ4n) is 3.50. The Morgan fingerprint density at radius 3 is 1.47 bits per heavy atom. The quantitative estimate of drug-likeness (QED) is 0.139. The van der Waals surface area contributed by atoms with Gasteiger partial charge in [0.05, 0.1) is 6.61 Å². The lowest BCUT2D eigenvalue weighted by Gasteiger charge is -2.18. The van der Waals surface area contributed by atoms with Crippen molar-refractivity contribution in [3.63, 3.8) is 0 Å². The average Bonchev–Trinajstić information content (AvgIpc) is 2.69. The summed E-state index contributed by atoms with van der Waals surface area (Å²) in [4.78, 5) is 13.7. The second-order valence-electron chi connectivity index (χ2n) is 8.62. The van der Waals surface area contributed by atoms with E-state index in [1.807, 2.05) is 0 Å². The van der Waals surface area contributed by atoms with E-state index < -0.39 is 16.5 Å². The first-order valence-electron chi connectivity index (χ1n) is 12.3. The summed E-state index contributed by atoms with van der Waals surface area (Å²) in [6.45, 7) is 3.13. The highest BCUT2D eigenvalue weighted by atomic mass is 32.3. The predicted octanol–water partition coefficient (Wildman–Crippen LogP) is 4.45. The summed E-state index contributed by atoms with van der Waals surface area (Å²) in [6.07, 6.45) is 19.3. The second kappa shape index (κ2) is 23.6. The van der Waals surface area contributed by atoms with E-state index >= 15 is 0 Å². The number of aliphatic hydroxyl groups excluding tert-OH is 2. The molecule has 0 saturated heterocycles. The zero-order chi connectivity index (χ0) is 24.7. The molecule has 1 atom stereocenters. The number of carbonyl (C=O) groups is 1. The first-order chi connectivity index (χ1) is 15.1. The van der Waals surface area contributed by atoms with Crippen molar-refractivity contribution in [3.8, 4) is 0 Å². The fraction of sp³-hybridized carbons (Fsp3) is 0.957. The maximum absolute atomic E-state index is 11.9. The number of hydrogen-bond acceptors (Lipinski definition) is 6. The van der Waals surface area contributed by atoms with Gasteiger partial charge < -0.3 is 15.1 Å². The molecule has 1 unspecified atom stereocenters. The molecule has 0 bridgehead atoms. The number of likely N-dealkylation sites (N-methyl/N-ethyl adjacent to an activating group) is 1. The van der Waals surface area contributed by atoms with Crippen molar-refractivity contribution >= 4 is 16.2 Å². The Bertz CT molecular complexity index is 506. The monoisotopic (exact) mass is 483 g/mol. The van der Waals surface area contributed by atoms with Crippen LogP contribution < -0.4 is 0 Å². The van der Waals surface area contributed by atoms with Gasteiger partial charge in [-0.3, -0.25) is 13.9 Å². The maximum Gasteiger partial charge on any atom is 0.394 e. The summed E-state index contributed by atoms with van der Waals surface area (Å²) in [5.41, 5.74) is 0. The molecule has 0 rings (SSSR count). The summed E-state index contributed by atoms with van der Waals surface area (Å²) in [5, 5.41) is 18.7. The zero-order valence-corrected chi connectivity index (χ0v) is 21.2. The van der Waals surface area contributed by atoms with E-state index in [1.54, 1.807) is 11.9 Å². The summed E-state index contributed by atoms with van der Waals surface area (Å²) >= 11 is 0. The smallest absolute Gasteiger partial charge is 0.394 e. The molecule has 32 heavy (non-hydrogen) atoms. The largest absolute Gasteiger partial charge is 0.395 e. The van der Waals surface area contributed by atoms with Crippen LogP contribution >= 0.6 is 0 Å². The zero-order valence-electron chi connectivity index (χ0n) is 20.4. The van der Waals surface area contributed by atoms with Crippen molar-refractivity contribution in [3.05, 3.63) is 0 Å². The van der Waals surface area contributed by atoms with Crippen LogP contribution in [0.15, 0.2) is 0 Å². The van der Waals surface area contributed by atoms with Gasteiger partial charge in [0.1, 0.15) is 6.10 Å². The number of hydrogen-bond donors (Lipinski definition) is 4.